The van der Waals surface area contributed by atoms with Gasteiger partial charge in [0, 0.05) is 13.1 Å². The highest BCUT2D eigenvalue weighted by Crippen LogP contribution is 2.19. The van der Waals surface area contributed by atoms with Crippen LogP contribution in [0.5, 0.6) is 0 Å². The van der Waals surface area contributed by atoms with E-state index in [1.807, 2.05) is 0 Å². The maximum Gasteiger partial charge on any atom is 0.326 e. The molecule has 1 atom stereocenters. The third-order valence-electron chi connectivity index (χ3n) is 2.41. The van der Waals surface area contributed by atoms with Crippen molar-refractivity contribution in [2.45, 2.75) is 33.7 Å². The quantitative estimate of drug-likeness (QED) is 0.515. The molecular formula is C11H23N3O5S. The molecular weight excluding hydrogens is 286 g/mol. The van der Waals surface area contributed by atoms with Gasteiger partial charge in [-0.25, -0.2) is 22.7 Å². The zero-order chi connectivity index (χ0) is 16.0. The Hall–Kier alpha value is -1.35. The Labute approximate surface area is 119 Å². The fourth-order valence-electron chi connectivity index (χ4n) is 1.42. The molecule has 0 aliphatic carbocycles. The van der Waals surface area contributed by atoms with Crippen LogP contribution in [0.4, 0.5) is 4.79 Å². The minimum atomic E-state index is -3.41. The van der Waals surface area contributed by atoms with E-state index in [1.54, 1.807) is 27.7 Å². The molecule has 4 N–H and O–H groups in total. The van der Waals surface area contributed by atoms with Gasteiger partial charge in [0.1, 0.15) is 6.04 Å². The van der Waals surface area contributed by atoms with Crippen molar-refractivity contribution in [3.63, 3.8) is 0 Å². The summed E-state index contributed by atoms with van der Waals surface area (Å²) >= 11 is 0. The molecule has 0 aromatic heterocycles. The molecule has 0 spiro atoms. The molecule has 0 aromatic rings. The first-order chi connectivity index (χ1) is 8.99. The molecule has 8 nitrogen and oxygen atoms in total. The van der Waals surface area contributed by atoms with Crippen LogP contribution in [0.2, 0.25) is 0 Å². The van der Waals surface area contributed by atoms with Crippen molar-refractivity contribution in [2.24, 2.45) is 5.41 Å². The van der Waals surface area contributed by atoms with E-state index in [-0.39, 0.29) is 18.8 Å². The lowest BCUT2D eigenvalue weighted by Gasteiger charge is -2.27. The molecule has 9 heteroatoms. The summed E-state index contributed by atoms with van der Waals surface area (Å²) in [7, 11) is -3.41. The average Bonchev–Trinajstić information content (AvgIpc) is 2.23. The van der Waals surface area contributed by atoms with Crippen molar-refractivity contribution in [1.29, 1.82) is 0 Å². The van der Waals surface area contributed by atoms with Gasteiger partial charge in [-0.1, -0.05) is 27.7 Å². The van der Waals surface area contributed by atoms with Gasteiger partial charge in [0.15, 0.2) is 0 Å². The zero-order valence-electron chi connectivity index (χ0n) is 12.2. The number of sulfonamides is 1. The van der Waals surface area contributed by atoms with Crippen LogP contribution in [0, 0.1) is 5.41 Å². The maximum absolute atomic E-state index is 11.5. The molecule has 0 bridgehead atoms. The van der Waals surface area contributed by atoms with E-state index >= 15 is 0 Å². The number of carboxylic acids is 1. The molecule has 0 aliphatic rings. The molecule has 0 saturated heterocycles. The van der Waals surface area contributed by atoms with Gasteiger partial charge in [-0.05, 0) is 5.41 Å². The van der Waals surface area contributed by atoms with Crippen LogP contribution in [0.1, 0.15) is 27.7 Å². The summed E-state index contributed by atoms with van der Waals surface area (Å²) in [6.45, 7) is 6.88. The highest BCUT2D eigenvalue weighted by atomic mass is 32.2. The van der Waals surface area contributed by atoms with Crippen molar-refractivity contribution < 1.29 is 23.1 Å². The number of hydrogen-bond donors (Lipinski definition) is 4. The third-order valence-corrected chi connectivity index (χ3v) is 3.88. The number of amides is 2. The van der Waals surface area contributed by atoms with E-state index in [1.165, 1.54) is 0 Å². The largest absolute Gasteiger partial charge is 0.480 e. The summed E-state index contributed by atoms with van der Waals surface area (Å²) in [5.74, 6) is -1.41. The van der Waals surface area contributed by atoms with Crippen molar-refractivity contribution in [3.8, 4) is 0 Å². The number of aliphatic carboxylic acids is 1. The van der Waals surface area contributed by atoms with Gasteiger partial charge in [0.05, 0.1) is 5.75 Å². The summed E-state index contributed by atoms with van der Waals surface area (Å²) in [6, 6.07) is -1.77. The summed E-state index contributed by atoms with van der Waals surface area (Å²) in [5, 5.41) is 13.7. The van der Waals surface area contributed by atoms with Crippen LogP contribution in [0.3, 0.4) is 0 Å². The molecule has 0 saturated carbocycles. The van der Waals surface area contributed by atoms with Gasteiger partial charge in [-0.15, -0.1) is 0 Å². The Morgan fingerprint density at radius 3 is 2.20 bits per heavy atom. The number of nitrogens with one attached hydrogen (secondary N) is 3. The van der Waals surface area contributed by atoms with E-state index in [0.717, 1.165) is 0 Å². The van der Waals surface area contributed by atoms with E-state index in [4.69, 9.17) is 5.11 Å². The minimum Gasteiger partial charge on any atom is -0.480 e. The van der Waals surface area contributed by atoms with Crippen LogP contribution in [0.25, 0.3) is 0 Å². The molecule has 0 heterocycles. The molecule has 0 unspecified atom stereocenters. The Balaban J connectivity index is 4.33. The Morgan fingerprint density at radius 2 is 1.80 bits per heavy atom. The summed E-state index contributed by atoms with van der Waals surface area (Å²) in [6.07, 6.45) is 0. The second-order valence-corrected chi connectivity index (χ2v) is 7.28. The molecule has 0 radical (unpaired) electrons. The molecule has 2 amide bonds. The lowest BCUT2D eigenvalue weighted by Crippen LogP contribution is -2.52. The predicted molar refractivity (Wildman–Crippen MR) is 74.9 cm³/mol. The summed E-state index contributed by atoms with van der Waals surface area (Å²) in [5.41, 5.74) is -0.654. The first kappa shape index (κ1) is 18.7. The topological polar surface area (TPSA) is 125 Å². The van der Waals surface area contributed by atoms with Crippen LogP contribution >= 0.6 is 0 Å². The van der Waals surface area contributed by atoms with E-state index in [2.05, 4.69) is 15.4 Å². The summed E-state index contributed by atoms with van der Waals surface area (Å²) < 4.78 is 24.9. The number of rotatable bonds is 7. The lowest BCUT2D eigenvalue weighted by atomic mass is 9.87. The van der Waals surface area contributed by atoms with Gasteiger partial charge in [0.2, 0.25) is 10.0 Å². The van der Waals surface area contributed by atoms with E-state index in [0.29, 0.717) is 0 Å². The van der Waals surface area contributed by atoms with Gasteiger partial charge < -0.3 is 15.7 Å². The first-order valence-electron chi connectivity index (χ1n) is 6.24. The SMILES string of the molecule is CCNS(=O)(=O)CCNC(=O)N[C@H](C(=O)O)C(C)(C)C. The van der Waals surface area contributed by atoms with Gasteiger partial charge in [-0.3, -0.25) is 0 Å². The smallest absolute Gasteiger partial charge is 0.326 e. The van der Waals surface area contributed by atoms with E-state index in [9.17, 15) is 18.0 Å². The first-order valence-corrected chi connectivity index (χ1v) is 7.89. The van der Waals surface area contributed by atoms with Gasteiger partial charge in [-0.2, -0.15) is 0 Å². The van der Waals surface area contributed by atoms with Crippen molar-refractivity contribution >= 4 is 22.0 Å². The van der Waals surface area contributed by atoms with Crippen LogP contribution < -0.4 is 15.4 Å². The lowest BCUT2D eigenvalue weighted by molar-refractivity contribution is -0.141. The van der Waals surface area contributed by atoms with Crippen LogP contribution in [-0.4, -0.2) is 50.4 Å². The average molecular weight is 309 g/mol. The molecule has 0 aliphatic heterocycles. The van der Waals surface area contributed by atoms with Crippen molar-refractivity contribution in [1.82, 2.24) is 15.4 Å². The number of urea groups is 1. The van der Waals surface area contributed by atoms with E-state index < -0.39 is 33.5 Å². The number of hydrogen-bond acceptors (Lipinski definition) is 4. The highest BCUT2D eigenvalue weighted by Gasteiger charge is 2.32. The fourth-order valence-corrected chi connectivity index (χ4v) is 2.38. The monoisotopic (exact) mass is 309 g/mol. The fraction of sp³-hybridized carbons (Fsp3) is 0.818. The number of carboxylic acid groups (broad SMARTS) is 1. The number of carbonyl (C=O) groups excluding carboxylic acids is 1. The normalized spacial score (nSPS) is 13.6. The highest BCUT2D eigenvalue weighted by molar-refractivity contribution is 7.89. The Kier molecular flexibility index (Phi) is 6.94. The molecule has 0 fully saturated rings. The molecule has 0 rings (SSSR count). The summed E-state index contributed by atoms with van der Waals surface area (Å²) in [4.78, 5) is 22.6. The molecule has 20 heavy (non-hydrogen) atoms. The van der Waals surface area contributed by atoms with Crippen molar-refractivity contribution in [2.75, 3.05) is 18.8 Å². The van der Waals surface area contributed by atoms with Crippen molar-refractivity contribution in [3.05, 3.63) is 0 Å². The predicted octanol–water partition coefficient (Wildman–Crippen LogP) is -0.276. The Morgan fingerprint density at radius 1 is 1.25 bits per heavy atom. The van der Waals surface area contributed by atoms with Crippen LogP contribution in [0.15, 0.2) is 0 Å². The molecule has 118 valence electrons. The van der Waals surface area contributed by atoms with Crippen LogP contribution in [-0.2, 0) is 14.8 Å². The minimum absolute atomic E-state index is 0.0996. The third kappa shape index (κ3) is 7.29. The number of carbonyl (C=O) groups is 2. The maximum atomic E-state index is 11.5. The second kappa shape index (κ2) is 7.44. The second-order valence-electron chi connectivity index (χ2n) is 5.35. The van der Waals surface area contributed by atoms with Gasteiger partial charge >= 0.3 is 12.0 Å². The standard InChI is InChI=1S/C11H23N3O5S/c1-5-13-20(18,19)7-6-12-10(17)14-8(9(15)16)11(2,3)4/h8,13H,5-7H2,1-4H3,(H,15,16)(H2,12,14,17)/t8-/m1/s1. The zero-order valence-corrected chi connectivity index (χ0v) is 13.0. The molecule has 0 aromatic carbocycles. The van der Waals surface area contributed by atoms with Gasteiger partial charge in [0.25, 0.3) is 0 Å². The Bertz CT molecular complexity index is 441.